The summed E-state index contributed by atoms with van der Waals surface area (Å²) in [6.07, 6.45) is 0. The van der Waals surface area contributed by atoms with E-state index in [0.29, 0.717) is 0 Å². The van der Waals surface area contributed by atoms with Gasteiger partial charge in [-0.1, -0.05) is 36.4 Å². The second kappa shape index (κ2) is 10.6. The molecular formula is C24H15F5O5S2. The van der Waals surface area contributed by atoms with Crippen LogP contribution in [0.25, 0.3) is 22.3 Å². The van der Waals surface area contributed by atoms with Gasteiger partial charge in [-0.25, -0.2) is 22.0 Å². The minimum Gasteiger partial charge on any atom is -0.508 e. The van der Waals surface area contributed by atoms with Gasteiger partial charge in [-0.15, -0.1) is 12.6 Å². The molecule has 0 unspecified atom stereocenters. The zero-order valence-electron chi connectivity index (χ0n) is 17.8. The second-order valence-corrected chi connectivity index (χ2v) is 9.01. The number of halogens is 5. The molecule has 0 atom stereocenters. The van der Waals surface area contributed by atoms with E-state index < -0.39 is 44.1 Å². The topological polar surface area (TPSA) is 94.8 Å². The third-order valence-electron chi connectivity index (χ3n) is 4.80. The molecule has 0 saturated heterocycles. The number of hydrogen-bond acceptors (Lipinski definition) is 5. The van der Waals surface area contributed by atoms with Crippen LogP contribution in [0.2, 0.25) is 0 Å². The van der Waals surface area contributed by atoms with Gasteiger partial charge < -0.3 is 10.2 Å². The minimum atomic E-state index is -5.52. The lowest BCUT2D eigenvalue weighted by atomic mass is 9.94. The zero-order valence-corrected chi connectivity index (χ0v) is 19.5. The van der Waals surface area contributed by atoms with Crippen molar-refractivity contribution in [2.24, 2.45) is 0 Å². The van der Waals surface area contributed by atoms with Gasteiger partial charge >= 0.3 is 10.1 Å². The molecular weight excluding hydrogens is 527 g/mol. The second-order valence-electron chi connectivity index (χ2n) is 7.17. The van der Waals surface area contributed by atoms with Crippen LogP contribution in [0, 0.1) is 29.1 Å². The Labute approximate surface area is 207 Å². The van der Waals surface area contributed by atoms with E-state index in [-0.39, 0.29) is 11.5 Å². The van der Waals surface area contributed by atoms with Crippen LogP contribution >= 0.6 is 12.6 Å². The largest absolute Gasteiger partial charge is 0.508 e. The zero-order chi connectivity index (χ0) is 26.8. The van der Waals surface area contributed by atoms with E-state index in [1.165, 1.54) is 0 Å². The average Bonchev–Trinajstić information content (AvgIpc) is 2.82. The first-order chi connectivity index (χ1) is 16.8. The molecule has 0 radical (unpaired) electrons. The van der Waals surface area contributed by atoms with Gasteiger partial charge in [0.2, 0.25) is 5.82 Å². The Morgan fingerprint density at radius 3 is 1.47 bits per heavy atom. The molecule has 36 heavy (non-hydrogen) atoms. The summed E-state index contributed by atoms with van der Waals surface area (Å²) in [4.78, 5) is -1.40. The molecule has 188 valence electrons. The third-order valence-corrected chi connectivity index (χ3v) is 6.05. The highest BCUT2D eigenvalue weighted by Gasteiger charge is 2.32. The van der Waals surface area contributed by atoms with E-state index in [1.54, 1.807) is 24.3 Å². The van der Waals surface area contributed by atoms with Crippen LogP contribution in [0.3, 0.4) is 0 Å². The number of hydrogen-bond donors (Lipinski definition) is 4. The molecule has 0 aliphatic carbocycles. The highest BCUT2D eigenvalue weighted by Crippen LogP contribution is 2.37. The van der Waals surface area contributed by atoms with Crippen LogP contribution in [0.5, 0.6) is 11.5 Å². The highest BCUT2D eigenvalue weighted by atomic mass is 32.2. The molecule has 0 heterocycles. The number of rotatable bonds is 3. The van der Waals surface area contributed by atoms with E-state index in [9.17, 15) is 40.6 Å². The molecule has 0 bridgehead atoms. The van der Waals surface area contributed by atoms with Crippen molar-refractivity contribution < 1.29 is 45.1 Å². The van der Waals surface area contributed by atoms with Crippen LogP contribution in [0.1, 0.15) is 0 Å². The molecule has 3 N–H and O–H groups in total. The van der Waals surface area contributed by atoms with E-state index in [1.807, 2.05) is 42.5 Å². The molecule has 0 spiro atoms. The number of benzene rings is 4. The van der Waals surface area contributed by atoms with Gasteiger partial charge in [-0.05, 0) is 47.0 Å². The molecule has 4 rings (SSSR count). The third kappa shape index (κ3) is 5.61. The van der Waals surface area contributed by atoms with Crippen molar-refractivity contribution in [1.29, 1.82) is 0 Å². The summed E-state index contributed by atoms with van der Waals surface area (Å²) >= 11 is 4.56. The van der Waals surface area contributed by atoms with Crippen LogP contribution in [-0.4, -0.2) is 23.2 Å². The van der Waals surface area contributed by atoms with E-state index in [4.69, 9.17) is 4.55 Å². The van der Waals surface area contributed by atoms with Gasteiger partial charge in [0.1, 0.15) is 11.5 Å². The lowest BCUT2D eigenvalue weighted by Gasteiger charge is -2.13. The van der Waals surface area contributed by atoms with Crippen molar-refractivity contribution in [2.75, 3.05) is 0 Å². The number of thiol groups is 1. The summed E-state index contributed by atoms with van der Waals surface area (Å²) in [5.74, 6) is -12.1. The summed E-state index contributed by atoms with van der Waals surface area (Å²) in [6.45, 7) is 0. The Morgan fingerprint density at radius 2 is 1.03 bits per heavy atom. The maximum Gasteiger partial charge on any atom is 0.300 e. The van der Waals surface area contributed by atoms with Crippen LogP contribution in [-0.2, 0) is 10.1 Å². The fraction of sp³-hybridized carbons (Fsp3) is 0. The molecule has 0 amide bonds. The Bertz CT molecular complexity index is 1500. The first kappa shape index (κ1) is 27.0. The van der Waals surface area contributed by atoms with Gasteiger partial charge in [0.05, 0.1) is 0 Å². The first-order valence-corrected chi connectivity index (χ1v) is 11.6. The van der Waals surface area contributed by atoms with Gasteiger partial charge in [-0.3, -0.25) is 4.55 Å². The highest BCUT2D eigenvalue weighted by molar-refractivity contribution is 7.85. The van der Waals surface area contributed by atoms with Crippen molar-refractivity contribution in [1.82, 2.24) is 0 Å². The molecule has 4 aromatic rings. The van der Waals surface area contributed by atoms with E-state index in [2.05, 4.69) is 12.6 Å². The van der Waals surface area contributed by atoms with Gasteiger partial charge in [-0.2, -0.15) is 8.42 Å². The molecule has 12 heteroatoms. The van der Waals surface area contributed by atoms with Crippen molar-refractivity contribution in [2.45, 2.75) is 9.79 Å². The molecule has 0 aliphatic rings. The van der Waals surface area contributed by atoms with Gasteiger partial charge in [0, 0.05) is 10.5 Å². The van der Waals surface area contributed by atoms with Crippen molar-refractivity contribution in [3.8, 4) is 33.8 Å². The average molecular weight is 543 g/mol. The van der Waals surface area contributed by atoms with Crippen molar-refractivity contribution >= 4 is 22.7 Å². The molecule has 0 aromatic heterocycles. The van der Waals surface area contributed by atoms with Crippen LogP contribution in [0.4, 0.5) is 22.0 Å². The van der Waals surface area contributed by atoms with Crippen LogP contribution in [0.15, 0.2) is 76.5 Å². The van der Waals surface area contributed by atoms with E-state index >= 15 is 0 Å². The molecule has 0 fully saturated rings. The fourth-order valence-corrected chi connectivity index (χ4v) is 4.13. The van der Waals surface area contributed by atoms with Gasteiger partial charge in [0.15, 0.2) is 28.2 Å². The lowest BCUT2D eigenvalue weighted by molar-refractivity contribution is 0.352. The Kier molecular flexibility index (Phi) is 7.92. The first-order valence-electron chi connectivity index (χ1n) is 9.72. The maximum atomic E-state index is 12.6. The summed E-state index contributed by atoms with van der Waals surface area (Å²) in [5.41, 5.74) is 4.04. The summed E-state index contributed by atoms with van der Waals surface area (Å²) in [5, 5.41) is 18.9. The lowest BCUT2D eigenvalue weighted by Crippen LogP contribution is -2.11. The quantitative estimate of drug-likeness (QED) is 0.0796. The number of phenols is 2. The maximum absolute atomic E-state index is 12.6. The molecule has 0 aliphatic heterocycles. The molecule has 5 nitrogen and oxygen atoms in total. The molecule has 0 saturated carbocycles. The number of aromatic hydroxyl groups is 2. The van der Waals surface area contributed by atoms with Crippen LogP contribution < -0.4 is 0 Å². The Balaban J connectivity index is 0.000000214. The molecule has 4 aromatic carbocycles. The number of phenolic OH excluding ortho intramolecular Hbond substituents is 2. The summed E-state index contributed by atoms with van der Waals surface area (Å²) in [6, 6.07) is 20.1. The predicted octanol–water partition coefficient (Wildman–Crippen LogP) is 6.35. The van der Waals surface area contributed by atoms with E-state index in [0.717, 1.165) is 27.1 Å². The monoisotopic (exact) mass is 542 g/mol. The fourth-order valence-electron chi connectivity index (χ4n) is 3.16. The summed E-state index contributed by atoms with van der Waals surface area (Å²) in [7, 11) is -5.52. The minimum absolute atomic E-state index is 0.238. The SMILES string of the molecule is O=S(=O)(O)c1c(F)c(F)c(F)c(F)c1F.Oc1ccc(-c2cccc(S)c2-c2ccc(O)cc2)cc1. The predicted molar refractivity (Wildman–Crippen MR) is 124 cm³/mol. The Hall–Kier alpha value is -3.61. The Morgan fingerprint density at radius 1 is 0.611 bits per heavy atom. The summed E-state index contributed by atoms with van der Waals surface area (Å²) < 4.78 is 91.3. The standard InChI is InChI=1S/C18H14O2S.C6HF5O3S/c19-14-8-4-12(5-9-14)16-2-1-3-17(21)18(16)13-6-10-15(20)11-7-13;7-1-2(8)4(10)6(15(12,13)14)5(11)3(1)9/h1-11,19-21H;(H,12,13,14). The van der Waals surface area contributed by atoms with Crippen molar-refractivity contribution in [3.63, 3.8) is 0 Å². The van der Waals surface area contributed by atoms with Gasteiger partial charge in [0.25, 0.3) is 0 Å². The van der Waals surface area contributed by atoms with Crippen molar-refractivity contribution in [3.05, 3.63) is 95.8 Å². The smallest absolute Gasteiger partial charge is 0.300 e. The normalized spacial score (nSPS) is 11.1.